The van der Waals surface area contributed by atoms with E-state index in [2.05, 4.69) is 35.9 Å². The van der Waals surface area contributed by atoms with Crippen LogP contribution in [0.1, 0.15) is 35.3 Å². The van der Waals surface area contributed by atoms with Gasteiger partial charge in [-0.05, 0) is 42.9 Å². The zero-order valence-electron chi connectivity index (χ0n) is 22.2. The number of nitrogens with two attached hydrogens (primary N) is 2. The van der Waals surface area contributed by atoms with Crippen molar-refractivity contribution in [3.8, 4) is 0 Å². The first kappa shape index (κ1) is 31.6. The molecule has 1 unspecified atom stereocenters. The van der Waals surface area contributed by atoms with Crippen LogP contribution in [0.3, 0.4) is 0 Å². The van der Waals surface area contributed by atoms with Crippen molar-refractivity contribution in [2.45, 2.75) is 31.8 Å². The number of carbonyl (C=O) groups is 3. The Hall–Kier alpha value is -3.89. The van der Waals surface area contributed by atoms with Crippen LogP contribution >= 0.6 is 23.5 Å². The number of nitrogen functional groups attached to an aromatic ring is 1. The number of anilines is 2. The summed E-state index contributed by atoms with van der Waals surface area (Å²) in [7, 11) is 0. The number of carboxylic acids is 1. The average Bonchev–Trinajstić information content (AvgIpc) is 2.95. The van der Waals surface area contributed by atoms with E-state index >= 15 is 0 Å². The Kier molecular flexibility index (Phi) is 12.6. The van der Waals surface area contributed by atoms with Crippen LogP contribution < -0.4 is 33.0 Å². The molecule has 14 nitrogen and oxygen atoms in total. The van der Waals surface area contributed by atoms with Crippen molar-refractivity contribution in [2.75, 3.05) is 40.7 Å². The highest BCUT2D eigenvalue weighted by Crippen LogP contribution is 2.13. The fourth-order valence-corrected chi connectivity index (χ4v) is 5.44. The summed E-state index contributed by atoms with van der Waals surface area (Å²) in [6.07, 6.45) is 2.23. The highest BCUT2D eigenvalue weighted by atomic mass is 32.2. The number of aromatic amines is 1. The van der Waals surface area contributed by atoms with Gasteiger partial charge in [-0.15, -0.1) is 11.8 Å². The monoisotopic (exact) mass is 603 g/mol. The molecule has 2 aromatic heterocycles. The summed E-state index contributed by atoms with van der Waals surface area (Å²) >= 11 is 3.56. The summed E-state index contributed by atoms with van der Waals surface area (Å²) in [5.74, 6) is -0.256. The molecule has 0 aliphatic heterocycles. The summed E-state index contributed by atoms with van der Waals surface area (Å²) in [6, 6.07) is 5.17. The summed E-state index contributed by atoms with van der Waals surface area (Å²) in [4.78, 5) is 63.1. The number of hydrogen-bond acceptors (Lipinski definition) is 12. The molecule has 0 bridgehead atoms. The first-order valence-corrected chi connectivity index (χ1v) is 15.1. The second-order valence-electron chi connectivity index (χ2n) is 8.75. The minimum absolute atomic E-state index is 0.0213. The molecule has 2 amide bonds. The molecule has 3 aromatic rings. The highest BCUT2D eigenvalue weighted by molar-refractivity contribution is 8.15. The highest BCUT2D eigenvalue weighted by Gasteiger charge is 2.21. The van der Waals surface area contributed by atoms with E-state index in [1.165, 1.54) is 6.20 Å². The van der Waals surface area contributed by atoms with Crippen molar-refractivity contribution >= 4 is 64.1 Å². The van der Waals surface area contributed by atoms with Gasteiger partial charge in [-0.1, -0.05) is 0 Å². The van der Waals surface area contributed by atoms with Crippen molar-refractivity contribution in [1.82, 2.24) is 30.6 Å². The number of aliphatic carboxylic acids is 1. The largest absolute Gasteiger partial charge is 0.480 e. The van der Waals surface area contributed by atoms with Gasteiger partial charge in [0.1, 0.15) is 6.04 Å². The number of rotatable bonds is 17. The molecular weight excluding hydrogens is 570 g/mol. The van der Waals surface area contributed by atoms with Crippen LogP contribution in [0.2, 0.25) is 0 Å². The van der Waals surface area contributed by atoms with Crippen molar-refractivity contribution in [2.24, 2.45) is 5.73 Å². The lowest BCUT2D eigenvalue weighted by atomic mass is 10.1. The van der Waals surface area contributed by atoms with Crippen LogP contribution in [0.4, 0.5) is 11.6 Å². The smallest absolute Gasteiger partial charge is 0.326 e. The van der Waals surface area contributed by atoms with Crippen molar-refractivity contribution < 1.29 is 19.5 Å². The second-order valence-corrected chi connectivity index (χ2v) is 11.3. The summed E-state index contributed by atoms with van der Waals surface area (Å²) in [6.45, 7) is 1.41. The molecule has 220 valence electrons. The molecule has 41 heavy (non-hydrogen) atoms. The predicted molar refractivity (Wildman–Crippen MR) is 161 cm³/mol. The third-order valence-corrected chi connectivity index (χ3v) is 8.02. The van der Waals surface area contributed by atoms with Gasteiger partial charge in [0, 0.05) is 41.6 Å². The van der Waals surface area contributed by atoms with Gasteiger partial charge in [0.25, 0.3) is 11.5 Å². The maximum absolute atomic E-state index is 12.6. The fraction of sp³-hybridized carbons (Fsp3) is 0.400. The van der Waals surface area contributed by atoms with Crippen molar-refractivity contribution in [3.05, 3.63) is 52.1 Å². The fourth-order valence-electron chi connectivity index (χ4n) is 3.51. The molecular formula is C25H33N9O5S2. The van der Waals surface area contributed by atoms with E-state index in [-0.39, 0.29) is 48.0 Å². The quantitative estimate of drug-likeness (QED) is 0.0835. The lowest BCUT2D eigenvalue weighted by Gasteiger charge is -2.15. The number of H-pyrrole nitrogens is 1. The number of fused-ring (bicyclic) bond motifs is 1. The summed E-state index contributed by atoms with van der Waals surface area (Å²) in [5.41, 5.74) is 12.1. The van der Waals surface area contributed by atoms with Gasteiger partial charge in [-0.25, -0.2) is 14.8 Å². The normalized spacial score (nSPS) is 11.6. The maximum atomic E-state index is 12.6. The molecule has 1 aromatic carbocycles. The molecule has 0 radical (unpaired) electrons. The minimum Gasteiger partial charge on any atom is -0.480 e. The van der Waals surface area contributed by atoms with Crippen LogP contribution in [0.5, 0.6) is 0 Å². The van der Waals surface area contributed by atoms with Gasteiger partial charge in [0.2, 0.25) is 11.9 Å². The van der Waals surface area contributed by atoms with Gasteiger partial charge >= 0.3 is 5.97 Å². The second kappa shape index (κ2) is 16.4. The lowest BCUT2D eigenvalue weighted by Crippen LogP contribution is -2.41. The van der Waals surface area contributed by atoms with E-state index in [4.69, 9.17) is 11.5 Å². The molecule has 3 rings (SSSR count). The van der Waals surface area contributed by atoms with E-state index < -0.39 is 23.5 Å². The molecule has 0 fully saturated rings. The van der Waals surface area contributed by atoms with E-state index in [1.807, 2.05) is 0 Å². The van der Waals surface area contributed by atoms with E-state index in [0.717, 1.165) is 23.0 Å². The summed E-state index contributed by atoms with van der Waals surface area (Å²) < 4.78 is 0. The topological polar surface area (TPSA) is 231 Å². The standard InChI is InChI=1S/C25H33N9O5S2/c26-8-11-41-14-40-10-1-9-28-19(35)7-6-18(24(38)39)32-22(36)15-2-4-16(5-3-15)29-12-17-13-30-21-20(31-17)23(37)34-25(27)33-21/h2-5,13,18,29H,1,6-12,14,26H2,(H,28,35)(H,32,36)(H,38,39)(H3,27,30,33,34,37). The number of carboxylic acid groups (broad SMARTS) is 1. The van der Waals surface area contributed by atoms with Gasteiger partial charge in [-0.2, -0.15) is 16.7 Å². The Balaban J connectivity index is 1.42. The molecule has 0 saturated carbocycles. The number of benzene rings is 1. The number of carbonyl (C=O) groups excluding carboxylic acids is 2. The van der Waals surface area contributed by atoms with Gasteiger partial charge in [-0.3, -0.25) is 19.4 Å². The zero-order chi connectivity index (χ0) is 29.6. The number of amides is 2. The third kappa shape index (κ3) is 10.5. The van der Waals surface area contributed by atoms with Crippen LogP contribution in [-0.4, -0.2) is 78.5 Å². The number of thioether (sulfide) groups is 2. The first-order valence-electron chi connectivity index (χ1n) is 12.8. The zero-order valence-corrected chi connectivity index (χ0v) is 23.9. The van der Waals surface area contributed by atoms with Crippen LogP contribution in [0, 0.1) is 0 Å². The number of aromatic nitrogens is 4. The van der Waals surface area contributed by atoms with E-state index in [9.17, 15) is 24.3 Å². The van der Waals surface area contributed by atoms with Crippen molar-refractivity contribution in [1.29, 1.82) is 0 Å². The maximum Gasteiger partial charge on any atom is 0.326 e. The minimum atomic E-state index is -1.22. The molecule has 2 heterocycles. The molecule has 16 heteroatoms. The van der Waals surface area contributed by atoms with Crippen LogP contribution in [-0.2, 0) is 16.1 Å². The number of nitrogens with one attached hydrogen (secondary N) is 4. The Bertz CT molecular complexity index is 1390. The number of hydrogen-bond donors (Lipinski definition) is 7. The Morgan fingerprint density at radius 1 is 1.10 bits per heavy atom. The SMILES string of the molecule is NCCSCSCCCNC(=O)CCC(NC(=O)c1ccc(NCc2cnc3nc(N)[nH]c(=O)c3n2)cc1)C(=O)O. The predicted octanol–water partition coefficient (Wildman–Crippen LogP) is 0.760. The van der Waals surface area contributed by atoms with Crippen LogP contribution in [0.25, 0.3) is 11.2 Å². The molecule has 9 N–H and O–H groups in total. The molecule has 0 aliphatic carbocycles. The van der Waals surface area contributed by atoms with E-state index in [1.54, 1.807) is 47.8 Å². The Morgan fingerprint density at radius 3 is 2.59 bits per heavy atom. The number of nitrogens with zero attached hydrogens (tertiary/aromatic N) is 3. The molecule has 1 atom stereocenters. The van der Waals surface area contributed by atoms with Gasteiger partial charge < -0.3 is 32.5 Å². The van der Waals surface area contributed by atoms with Gasteiger partial charge in [0.15, 0.2) is 11.2 Å². The molecule has 0 saturated heterocycles. The third-order valence-electron chi connectivity index (χ3n) is 5.59. The van der Waals surface area contributed by atoms with E-state index in [0.29, 0.717) is 24.5 Å². The Morgan fingerprint density at radius 2 is 1.85 bits per heavy atom. The van der Waals surface area contributed by atoms with Crippen molar-refractivity contribution in [3.63, 3.8) is 0 Å². The Labute approximate surface area is 244 Å². The first-order chi connectivity index (χ1) is 19.8. The average molecular weight is 604 g/mol. The van der Waals surface area contributed by atoms with Gasteiger partial charge in [0.05, 0.1) is 18.4 Å². The molecule has 0 aliphatic rings. The lowest BCUT2D eigenvalue weighted by molar-refractivity contribution is -0.139. The van der Waals surface area contributed by atoms with Crippen LogP contribution in [0.15, 0.2) is 35.3 Å². The molecule has 0 spiro atoms. The summed E-state index contributed by atoms with van der Waals surface area (Å²) in [5, 5.41) is 18.9.